The van der Waals surface area contributed by atoms with E-state index in [1.165, 1.54) is 21.2 Å². The first kappa shape index (κ1) is 13.4. The molecule has 0 aliphatic carbocycles. The Morgan fingerprint density at radius 3 is 2.70 bits per heavy atom. The number of hydrogen-bond donors (Lipinski definition) is 1. The summed E-state index contributed by atoms with van der Waals surface area (Å²) in [5, 5.41) is 4.92. The Balaban J connectivity index is 1.98. The highest BCUT2D eigenvalue weighted by molar-refractivity contribution is 5.92. The molecule has 4 aromatic rings. The third kappa shape index (κ3) is 2.13. The van der Waals surface area contributed by atoms with Gasteiger partial charge in [0, 0.05) is 11.5 Å². The van der Waals surface area contributed by atoms with E-state index in [0.29, 0.717) is 23.1 Å². The molecule has 114 valence electrons. The zero-order valence-electron chi connectivity index (χ0n) is 12.0. The van der Waals surface area contributed by atoms with Crippen LogP contribution in [-0.4, -0.2) is 19.2 Å². The molecule has 0 saturated heterocycles. The van der Waals surface area contributed by atoms with Gasteiger partial charge in [-0.15, -0.1) is 5.10 Å². The van der Waals surface area contributed by atoms with Crippen LogP contribution >= 0.6 is 0 Å². The van der Waals surface area contributed by atoms with Gasteiger partial charge in [0.2, 0.25) is 5.95 Å². The topological polar surface area (TPSA) is 78.2 Å². The molecule has 7 heteroatoms. The van der Waals surface area contributed by atoms with Gasteiger partial charge in [0.15, 0.2) is 5.65 Å². The number of nitrogens with two attached hydrogens (primary N) is 1. The molecule has 2 heterocycles. The van der Waals surface area contributed by atoms with E-state index in [-0.39, 0.29) is 11.6 Å². The second kappa shape index (κ2) is 4.91. The largest absolute Gasteiger partial charge is 0.369 e. The fourth-order valence-corrected chi connectivity index (χ4v) is 2.61. The minimum Gasteiger partial charge on any atom is -0.369 e. The van der Waals surface area contributed by atoms with Crippen LogP contribution in [0.2, 0.25) is 0 Å². The molecule has 0 bridgehead atoms. The first-order valence-corrected chi connectivity index (χ1v) is 7.02. The first-order chi connectivity index (χ1) is 11.1. The summed E-state index contributed by atoms with van der Waals surface area (Å²) < 4.78 is 15.9. The summed E-state index contributed by atoms with van der Waals surface area (Å²) in [6.45, 7) is 0.323. The van der Waals surface area contributed by atoms with Gasteiger partial charge in [-0.2, -0.15) is 0 Å². The monoisotopic (exact) mass is 309 g/mol. The highest BCUT2D eigenvalue weighted by Gasteiger charge is 2.14. The third-order valence-corrected chi connectivity index (χ3v) is 3.68. The Morgan fingerprint density at radius 1 is 1.13 bits per heavy atom. The molecule has 0 unspecified atom stereocenters. The molecule has 0 aliphatic rings. The standard InChI is InChI=1S/C16H12FN5O/c17-11-6-7-12-13(8-11)19-15(18)22-14(12)20-21(16(22)23)9-10-4-2-1-3-5-10/h1-8H,9H2,(H2,18,19). The van der Waals surface area contributed by atoms with Crippen LogP contribution in [0.15, 0.2) is 53.3 Å². The predicted molar refractivity (Wildman–Crippen MR) is 84.7 cm³/mol. The summed E-state index contributed by atoms with van der Waals surface area (Å²) in [6.07, 6.45) is 0. The highest BCUT2D eigenvalue weighted by atomic mass is 19.1. The van der Waals surface area contributed by atoms with Gasteiger partial charge in [-0.3, -0.25) is 0 Å². The van der Waals surface area contributed by atoms with Gasteiger partial charge < -0.3 is 5.73 Å². The van der Waals surface area contributed by atoms with E-state index in [0.717, 1.165) is 5.56 Å². The molecular formula is C16H12FN5O. The molecule has 0 spiro atoms. The Morgan fingerprint density at radius 2 is 1.91 bits per heavy atom. The quantitative estimate of drug-likeness (QED) is 0.612. The molecular weight excluding hydrogens is 297 g/mol. The number of rotatable bonds is 2. The summed E-state index contributed by atoms with van der Waals surface area (Å²) in [6, 6.07) is 13.6. The Kier molecular flexibility index (Phi) is 2.87. The first-order valence-electron chi connectivity index (χ1n) is 7.02. The SMILES string of the molecule is Nc1nc2cc(F)ccc2c2nn(Cc3ccccc3)c(=O)n12. The number of benzene rings is 2. The van der Waals surface area contributed by atoms with E-state index in [9.17, 15) is 9.18 Å². The van der Waals surface area contributed by atoms with Gasteiger partial charge >= 0.3 is 5.69 Å². The fourth-order valence-electron chi connectivity index (χ4n) is 2.61. The van der Waals surface area contributed by atoms with E-state index in [1.54, 1.807) is 6.07 Å². The summed E-state index contributed by atoms with van der Waals surface area (Å²) in [7, 11) is 0. The predicted octanol–water partition coefficient (Wildman–Crippen LogP) is 1.81. The van der Waals surface area contributed by atoms with Crippen molar-refractivity contribution in [1.82, 2.24) is 19.2 Å². The average Bonchev–Trinajstić information content (AvgIpc) is 2.86. The summed E-state index contributed by atoms with van der Waals surface area (Å²) in [5.41, 5.74) is 7.16. The normalized spacial score (nSPS) is 11.3. The van der Waals surface area contributed by atoms with Crippen molar-refractivity contribution < 1.29 is 4.39 Å². The van der Waals surface area contributed by atoms with Gasteiger partial charge in [-0.05, 0) is 17.7 Å². The second-order valence-electron chi connectivity index (χ2n) is 5.22. The lowest BCUT2D eigenvalue weighted by molar-refractivity contribution is 0.629. The summed E-state index contributed by atoms with van der Waals surface area (Å²) >= 11 is 0. The van der Waals surface area contributed by atoms with Gasteiger partial charge in [0.25, 0.3) is 0 Å². The van der Waals surface area contributed by atoms with E-state index in [2.05, 4.69) is 10.1 Å². The lowest BCUT2D eigenvalue weighted by atomic mass is 10.2. The van der Waals surface area contributed by atoms with Gasteiger partial charge in [-0.25, -0.2) is 23.3 Å². The maximum atomic E-state index is 13.4. The van der Waals surface area contributed by atoms with Crippen LogP contribution in [0, 0.1) is 5.82 Å². The zero-order valence-corrected chi connectivity index (χ0v) is 12.0. The van der Waals surface area contributed by atoms with Crippen molar-refractivity contribution in [2.24, 2.45) is 0 Å². The Hall–Kier alpha value is -3.22. The number of hydrogen-bond acceptors (Lipinski definition) is 4. The maximum absolute atomic E-state index is 13.4. The minimum absolute atomic E-state index is 0.0117. The molecule has 0 amide bonds. The van der Waals surface area contributed by atoms with Crippen LogP contribution in [0.1, 0.15) is 5.56 Å². The van der Waals surface area contributed by atoms with Crippen LogP contribution in [0.4, 0.5) is 10.3 Å². The molecule has 0 radical (unpaired) electrons. The van der Waals surface area contributed by atoms with E-state index >= 15 is 0 Å². The average molecular weight is 309 g/mol. The number of nitrogen functional groups attached to an aromatic ring is 1. The molecule has 2 aromatic heterocycles. The molecule has 2 aromatic carbocycles. The number of nitrogens with zero attached hydrogens (tertiary/aromatic N) is 4. The molecule has 6 nitrogen and oxygen atoms in total. The van der Waals surface area contributed by atoms with Crippen LogP contribution in [0.3, 0.4) is 0 Å². The van der Waals surface area contributed by atoms with Crippen molar-refractivity contribution in [2.45, 2.75) is 6.54 Å². The van der Waals surface area contributed by atoms with Crippen molar-refractivity contribution in [3.05, 3.63) is 70.4 Å². The van der Waals surface area contributed by atoms with Crippen LogP contribution in [0.25, 0.3) is 16.6 Å². The van der Waals surface area contributed by atoms with Gasteiger partial charge in [0.1, 0.15) is 5.82 Å². The van der Waals surface area contributed by atoms with E-state index in [4.69, 9.17) is 5.73 Å². The molecule has 0 aliphatic heterocycles. The highest BCUT2D eigenvalue weighted by Crippen LogP contribution is 2.19. The van der Waals surface area contributed by atoms with E-state index in [1.807, 2.05) is 30.3 Å². The van der Waals surface area contributed by atoms with Crippen LogP contribution in [0.5, 0.6) is 0 Å². The van der Waals surface area contributed by atoms with Crippen LogP contribution in [-0.2, 0) is 6.54 Å². The van der Waals surface area contributed by atoms with Crippen molar-refractivity contribution >= 4 is 22.5 Å². The molecule has 4 rings (SSSR count). The lowest BCUT2D eigenvalue weighted by Gasteiger charge is -2.01. The van der Waals surface area contributed by atoms with Crippen molar-refractivity contribution in [3.63, 3.8) is 0 Å². The molecule has 0 atom stereocenters. The summed E-state index contributed by atoms with van der Waals surface area (Å²) in [4.78, 5) is 16.6. The smallest absolute Gasteiger partial charge is 0.353 e. The Labute approximate surface area is 129 Å². The lowest BCUT2D eigenvalue weighted by Crippen LogP contribution is -2.23. The molecule has 23 heavy (non-hydrogen) atoms. The molecule has 0 fully saturated rings. The van der Waals surface area contributed by atoms with Crippen molar-refractivity contribution in [3.8, 4) is 0 Å². The minimum atomic E-state index is -0.417. The van der Waals surface area contributed by atoms with Crippen molar-refractivity contribution in [1.29, 1.82) is 0 Å². The third-order valence-electron chi connectivity index (χ3n) is 3.68. The fraction of sp³-hybridized carbons (Fsp3) is 0.0625. The summed E-state index contributed by atoms with van der Waals surface area (Å²) in [5.74, 6) is -0.428. The van der Waals surface area contributed by atoms with Gasteiger partial charge in [-0.1, -0.05) is 30.3 Å². The van der Waals surface area contributed by atoms with Crippen molar-refractivity contribution in [2.75, 3.05) is 5.73 Å². The second-order valence-corrected chi connectivity index (χ2v) is 5.22. The zero-order chi connectivity index (χ0) is 16.0. The number of fused-ring (bicyclic) bond motifs is 3. The molecule has 0 saturated carbocycles. The Bertz CT molecular complexity index is 1080. The number of halogens is 1. The van der Waals surface area contributed by atoms with Gasteiger partial charge in [0.05, 0.1) is 12.1 Å². The maximum Gasteiger partial charge on any atom is 0.353 e. The number of aromatic nitrogens is 4. The van der Waals surface area contributed by atoms with Crippen LogP contribution < -0.4 is 11.4 Å². The number of anilines is 1. The molecule has 2 N–H and O–H groups in total. The van der Waals surface area contributed by atoms with E-state index < -0.39 is 5.82 Å².